The average Bonchev–Trinajstić information content (AvgIpc) is 2.68. The molecule has 0 saturated carbocycles. The van der Waals surface area contributed by atoms with Gasteiger partial charge in [-0.05, 0) is 47.2 Å². The number of hydrogen-bond acceptors (Lipinski definition) is 6. The number of phenols is 2. The highest BCUT2D eigenvalue weighted by atomic mass is 16.3. The Bertz CT molecular complexity index is 686. The summed E-state index contributed by atoms with van der Waals surface area (Å²) in [6.07, 6.45) is 0.164. The van der Waals surface area contributed by atoms with Gasteiger partial charge in [0.25, 0.3) is 0 Å². The summed E-state index contributed by atoms with van der Waals surface area (Å²) in [5.74, 6) is -0.359. The summed E-state index contributed by atoms with van der Waals surface area (Å²) in [5.41, 5.74) is 2.79. The lowest BCUT2D eigenvalue weighted by molar-refractivity contribution is 0.173. The SMILES string of the molecule is CCC(O)c1ccc(CO)c(CO)c1.CCC(O)c1ccc(O)c(O)c1. The highest BCUT2D eigenvalue weighted by molar-refractivity contribution is 5.41. The molecule has 26 heavy (non-hydrogen) atoms. The van der Waals surface area contributed by atoms with Gasteiger partial charge in [-0.3, -0.25) is 0 Å². The fourth-order valence-electron chi connectivity index (χ4n) is 2.37. The van der Waals surface area contributed by atoms with Crippen molar-refractivity contribution in [3.8, 4) is 11.5 Å². The Labute approximate surface area is 153 Å². The van der Waals surface area contributed by atoms with Gasteiger partial charge in [0.05, 0.1) is 25.4 Å². The molecule has 0 spiro atoms. The Morgan fingerprint density at radius 2 is 1.19 bits per heavy atom. The third kappa shape index (κ3) is 6.00. The molecule has 0 saturated heterocycles. The zero-order valence-electron chi connectivity index (χ0n) is 15.1. The van der Waals surface area contributed by atoms with Gasteiger partial charge in [0.15, 0.2) is 11.5 Å². The number of rotatable bonds is 6. The molecular formula is C20H28O6. The van der Waals surface area contributed by atoms with Crippen molar-refractivity contribution >= 4 is 0 Å². The molecule has 2 aromatic rings. The van der Waals surface area contributed by atoms with Crippen molar-refractivity contribution in [2.75, 3.05) is 0 Å². The van der Waals surface area contributed by atoms with Crippen LogP contribution in [0, 0.1) is 0 Å². The van der Waals surface area contributed by atoms with Crippen LogP contribution in [0.1, 0.15) is 61.2 Å². The Balaban J connectivity index is 0.000000263. The summed E-state index contributed by atoms with van der Waals surface area (Å²) >= 11 is 0. The first-order valence-corrected chi connectivity index (χ1v) is 8.59. The van der Waals surface area contributed by atoms with E-state index in [0.29, 0.717) is 29.5 Å². The molecule has 6 heteroatoms. The van der Waals surface area contributed by atoms with Crippen LogP contribution in [0.2, 0.25) is 0 Å². The molecule has 2 aromatic carbocycles. The van der Waals surface area contributed by atoms with Gasteiger partial charge in [-0.25, -0.2) is 0 Å². The Kier molecular flexibility index (Phi) is 9.09. The topological polar surface area (TPSA) is 121 Å². The largest absolute Gasteiger partial charge is 0.504 e. The number of aliphatic hydroxyl groups is 4. The zero-order valence-corrected chi connectivity index (χ0v) is 15.1. The Morgan fingerprint density at radius 1 is 0.692 bits per heavy atom. The minimum absolute atomic E-state index is 0.0849. The van der Waals surface area contributed by atoms with Crippen molar-refractivity contribution in [2.24, 2.45) is 0 Å². The van der Waals surface area contributed by atoms with E-state index in [1.807, 2.05) is 13.8 Å². The number of hydrogen-bond donors (Lipinski definition) is 6. The maximum atomic E-state index is 9.57. The van der Waals surface area contributed by atoms with Crippen molar-refractivity contribution in [1.29, 1.82) is 0 Å². The van der Waals surface area contributed by atoms with Crippen LogP contribution in [0.3, 0.4) is 0 Å². The highest BCUT2D eigenvalue weighted by Gasteiger charge is 2.08. The molecule has 144 valence electrons. The van der Waals surface area contributed by atoms with E-state index in [0.717, 1.165) is 5.56 Å². The fraction of sp³-hybridized carbons (Fsp3) is 0.400. The van der Waals surface area contributed by atoms with Crippen molar-refractivity contribution < 1.29 is 30.6 Å². The van der Waals surface area contributed by atoms with Gasteiger partial charge in [0.1, 0.15) is 0 Å². The van der Waals surface area contributed by atoms with Crippen LogP contribution >= 0.6 is 0 Å². The summed E-state index contributed by atoms with van der Waals surface area (Å²) in [5, 5.41) is 55.0. The van der Waals surface area contributed by atoms with Gasteiger partial charge in [-0.1, -0.05) is 38.1 Å². The summed E-state index contributed by atoms with van der Waals surface area (Å²) < 4.78 is 0. The Hall–Kier alpha value is -2.12. The van der Waals surface area contributed by atoms with E-state index in [1.54, 1.807) is 24.3 Å². The molecule has 6 nitrogen and oxygen atoms in total. The summed E-state index contributed by atoms with van der Waals surface area (Å²) in [7, 11) is 0. The molecule has 0 heterocycles. The second kappa shape index (κ2) is 10.8. The summed E-state index contributed by atoms with van der Waals surface area (Å²) in [6.45, 7) is 3.54. The fourth-order valence-corrected chi connectivity index (χ4v) is 2.37. The molecule has 2 rings (SSSR count). The number of aliphatic hydroxyl groups excluding tert-OH is 4. The van der Waals surface area contributed by atoms with E-state index in [9.17, 15) is 10.2 Å². The van der Waals surface area contributed by atoms with Crippen LogP contribution in [0.15, 0.2) is 36.4 Å². The number of phenolic OH excluding ortho intramolecular Hbond substituents is 2. The standard InChI is InChI=1S/C11H16O3.C9H12O3/c1-2-11(14)8-3-4-9(6-12)10(5-8)7-13;1-2-7(10)6-3-4-8(11)9(12)5-6/h3-5,11-14H,2,6-7H2,1H3;3-5,7,10-12H,2H2,1H3. The maximum absolute atomic E-state index is 9.57. The monoisotopic (exact) mass is 364 g/mol. The third-order valence-electron chi connectivity index (χ3n) is 4.11. The molecule has 6 N–H and O–H groups in total. The first-order valence-electron chi connectivity index (χ1n) is 8.59. The maximum Gasteiger partial charge on any atom is 0.157 e. The number of benzene rings is 2. The van der Waals surface area contributed by atoms with Crippen LogP contribution in [0.5, 0.6) is 11.5 Å². The Morgan fingerprint density at radius 3 is 1.65 bits per heavy atom. The lowest BCUT2D eigenvalue weighted by Gasteiger charge is -2.11. The molecule has 0 aliphatic heterocycles. The van der Waals surface area contributed by atoms with Crippen LogP contribution in [0.25, 0.3) is 0 Å². The van der Waals surface area contributed by atoms with Crippen LogP contribution in [-0.2, 0) is 13.2 Å². The second-order valence-corrected chi connectivity index (χ2v) is 5.94. The van der Waals surface area contributed by atoms with Gasteiger partial charge in [-0.2, -0.15) is 0 Å². The van der Waals surface area contributed by atoms with Gasteiger partial charge < -0.3 is 30.6 Å². The molecule has 0 fully saturated rings. The highest BCUT2D eigenvalue weighted by Crippen LogP contribution is 2.28. The summed E-state index contributed by atoms with van der Waals surface area (Å²) in [4.78, 5) is 0. The molecule has 2 atom stereocenters. The molecular weight excluding hydrogens is 336 g/mol. The van der Waals surface area contributed by atoms with Gasteiger partial charge >= 0.3 is 0 Å². The van der Waals surface area contributed by atoms with E-state index < -0.39 is 12.2 Å². The molecule has 0 aliphatic rings. The normalized spacial score (nSPS) is 12.8. The third-order valence-corrected chi connectivity index (χ3v) is 4.11. The van der Waals surface area contributed by atoms with Gasteiger partial charge in [0, 0.05) is 0 Å². The number of aromatic hydroxyl groups is 2. The van der Waals surface area contributed by atoms with Gasteiger partial charge in [0.2, 0.25) is 0 Å². The molecule has 0 aromatic heterocycles. The molecule has 0 bridgehead atoms. The lowest BCUT2D eigenvalue weighted by Crippen LogP contribution is -2.00. The summed E-state index contributed by atoms with van der Waals surface area (Å²) in [6, 6.07) is 9.56. The predicted molar refractivity (Wildman–Crippen MR) is 98.6 cm³/mol. The van der Waals surface area contributed by atoms with Crippen molar-refractivity contribution in [3.63, 3.8) is 0 Å². The first-order chi connectivity index (χ1) is 12.4. The van der Waals surface area contributed by atoms with E-state index in [1.165, 1.54) is 12.1 Å². The van der Waals surface area contributed by atoms with Gasteiger partial charge in [-0.15, -0.1) is 0 Å². The predicted octanol–water partition coefficient (Wildman–Crippen LogP) is 2.66. The molecule has 0 aliphatic carbocycles. The lowest BCUT2D eigenvalue weighted by atomic mass is 10.0. The van der Waals surface area contributed by atoms with Crippen molar-refractivity contribution in [1.82, 2.24) is 0 Å². The minimum atomic E-state index is -0.573. The second-order valence-electron chi connectivity index (χ2n) is 5.94. The quantitative estimate of drug-likeness (QED) is 0.438. The first kappa shape index (κ1) is 21.9. The minimum Gasteiger partial charge on any atom is -0.504 e. The molecule has 2 unspecified atom stereocenters. The van der Waals surface area contributed by atoms with E-state index in [-0.39, 0.29) is 24.7 Å². The van der Waals surface area contributed by atoms with Crippen LogP contribution in [0.4, 0.5) is 0 Å². The zero-order chi connectivity index (χ0) is 19.7. The molecule has 0 radical (unpaired) electrons. The van der Waals surface area contributed by atoms with E-state index in [4.69, 9.17) is 20.4 Å². The van der Waals surface area contributed by atoms with E-state index >= 15 is 0 Å². The van der Waals surface area contributed by atoms with Crippen molar-refractivity contribution in [3.05, 3.63) is 58.7 Å². The van der Waals surface area contributed by atoms with Crippen LogP contribution in [-0.4, -0.2) is 30.6 Å². The van der Waals surface area contributed by atoms with E-state index in [2.05, 4.69) is 0 Å². The van der Waals surface area contributed by atoms with Crippen LogP contribution < -0.4 is 0 Å². The van der Waals surface area contributed by atoms with Crippen molar-refractivity contribution in [2.45, 2.75) is 52.1 Å². The average molecular weight is 364 g/mol. The molecule has 0 amide bonds. The smallest absolute Gasteiger partial charge is 0.157 e.